The van der Waals surface area contributed by atoms with Gasteiger partial charge in [0.15, 0.2) is 0 Å². The van der Waals surface area contributed by atoms with E-state index < -0.39 is 5.41 Å². The fraction of sp³-hybridized carbons (Fsp3) is 0.647. The van der Waals surface area contributed by atoms with E-state index in [4.69, 9.17) is 0 Å². The number of amides is 2. The third-order valence-corrected chi connectivity index (χ3v) is 6.40. The van der Waals surface area contributed by atoms with E-state index in [-0.39, 0.29) is 17.2 Å². The summed E-state index contributed by atoms with van der Waals surface area (Å²) >= 11 is 1.78. The lowest BCUT2D eigenvalue weighted by molar-refractivity contribution is -0.137. The molecule has 0 radical (unpaired) electrons. The van der Waals surface area contributed by atoms with Gasteiger partial charge in [0.25, 0.3) is 0 Å². The molecule has 0 unspecified atom stereocenters. The number of carbonyl (C=O) groups excluding carboxylic acids is 2. The highest BCUT2D eigenvalue weighted by Crippen LogP contribution is 2.47. The van der Waals surface area contributed by atoms with Crippen LogP contribution in [0, 0.1) is 5.41 Å². The summed E-state index contributed by atoms with van der Waals surface area (Å²) < 4.78 is 0. The second-order valence-electron chi connectivity index (χ2n) is 6.66. The minimum absolute atomic E-state index is 0.0703. The molecule has 0 bridgehead atoms. The summed E-state index contributed by atoms with van der Waals surface area (Å²) in [5.74, 6) is -0.229. The molecule has 0 atom stereocenters. The Morgan fingerprint density at radius 2 is 1.86 bits per heavy atom. The minimum Gasteiger partial charge on any atom is -0.358 e. The first-order chi connectivity index (χ1) is 10.6. The number of rotatable bonds is 5. The van der Waals surface area contributed by atoms with Crippen molar-refractivity contribution in [3.8, 4) is 0 Å². The van der Waals surface area contributed by atoms with Crippen LogP contribution in [0.15, 0.2) is 17.5 Å². The van der Waals surface area contributed by atoms with E-state index in [9.17, 15) is 9.59 Å². The molecule has 1 heterocycles. The Hall–Kier alpha value is -1.36. The lowest BCUT2D eigenvalue weighted by atomic mass is 9.73. The molecule has 22 heavy (non-hydrogen) atoms. The largest absolute Gasteiger partial charge is 0.358 e. The summed E-state index contributed by atoms with van der Waals surface area (Å²) in [6, 6.07) is 4.28. The lowest BCUT2D eigenvalue weighted by Crippen LogP contribution is -2.47. The minimum atomic E-state index is -0.792. The highest BCUT2D eigenvalue weighted by molar-refractivity contribution is 7.10. The van der Waals surface area contributed by atoms with Crippen LogP contribution in [0.25, 0.3) is 0 Å². The van der Waals surface area contributed by atoms with Crippen molar-refractivity contribution in [2.75, 3.05) is 13.6 Å². The summed E-state index contributed by atoms with van der Waals surface area (Å²) in [6.07, 6.45) is 7.31. The Bertz CT molecular complexity index is 543. The van der Waals surface area contributed by atoms with Crippen LogP contribution in [-0.2, 0) is 15.0 Å². The SMILES string of the molecule is CNC(=O)C1(C(=O)NCC2(c3cccs3)CCCCC2)CC1. The molecule has 5 heteroatoms. The first kappa shape index (κ1) is 15.5. The second-order valence-corrected chi connectivity index (χ2v) is 7.61. The van der Waals surface area contributed by atoms with Crippen molar-refractivity contribution in [1.29, 1.82) is 0 Å². The van der Waals surface area contributed by atoms with Crippen molar-refractivity contribution >= 4 is 23.2 Å². The van der Waals surface area contributed by atoms with Crippen LogP contribution >= 0.6 is 11.3 Å². The molecule has 3 rings (SSSR count). The van der Waals surface area contributed by atoms with E-state index in [0.717, 1.165) is 12.8 Å². The van der Waals surface area contributed by atoms with Crippen molar-refractivity contribution in [2.45, 2.75) is 50.4 Å². The Kier molecular flexibility index (Phi) is 4.26. The maximum atomic E-state index is 12.5. The molecule has 4 nitrogen and oxygen atoms in total. The summed E-state index contributed by atoms with van der Waals surface area (Å²) in [6.45, 7) is 0.658. The number of hydrogen-bond donors (Lipinski definition) is 2. The van der Waals surface area contributed by atoms with Gasteiger partial charge in [-0.15, -0.1) is 11.3 Å². The number of carbonyl (C=O) groups is 2. The van der Waals surface area contributed by atoms with Crippen LogP contribution in [0.4, 0.5) is 0 Å². The van der Waals surface area contributed by atoms with E-state index in [1.165, 1.54) is 24.1 Å². The van der Waals surface area contributed by atoms with Gasteiger partial charge in [-0.2, -0.15) is 0 Å². The molecule has 0 aromatic carbocycles. The molecular weight excluding hydrogens is 296 g/mol. The van der Waals surface area contributed by atoms with Gasteiger partial charge in [-0.3, -0.25) is 9.59 Å². The zero-order chi connectivity index (χ0) is 15.6. The molecule has 2 amide bonds. The summed E-state index contributed by atoms with van der Waals surface area (Å²) in [5.41, 5.74) is -0.721. The number of nitrogens with one attached hydrogen (secondary N) is 2. The van der Waals surface area contributed by atoms with Gasteiger partial charge >= 0.3 is 0 Å². The van der Waals surface area contributed by atoms with Gasteiger partial charge in [0, 0.05) is 23.9 Å². The van der Waals surface area contributed by atoms with Crippen LogP contribution in [0.5, 0.6) is 0 Å². The fourth-order valence-corrected chi connectivity index (χ4v) is 4.65. The fourth-order valence-electron chi connectivity index (χ4n) is 3.66. The zero-order valence-electron chi connectivity index (χ0n) is 13.1. The molecule has 1 aromatic rings. The molecule has 2 N–H and O–H groups in total. The van der Waals surface area contributed by atoms with Gasteiger partial charge in [-0.05, 0) is 37.1 Å². The van der Waals surface area contributed by atoms with E-state index in [0.29, 0.717) is 19.4 Å². The summed E-state index contributed by atoms with van der Waals surface area (Å²) in [4.78, 5) is 25.8. The normalized spacial score (nSPS) is 21.9. The average molecular weight is 320 g/mol. The van der Waals surface area contributed by atoms with Crippen LogP contribution in [-0.4, -0.2) is 25.4 Å². The van der Waals surface area contributed by atoms with Gasteiger partial charge in [-0.25, -0.2) is 0 Å². The van der Waals surface area contributed by atoms with Crippen molar-refractivity contribution in [2.24, 2.45) is 5.41 Å². The van der Waals surface area contributed by atoms with E-state index in [1.807, 2.05) is 0 Å². The average Bonchev–Trinajstić information content (AvgIpc) is 3.18. The van der Waals surface area contributed by atoms with Crippen molar-refractivity contribution in [3.63, 3.8) is 0 Å². The Balaban J connectivity index is 1.70. The monoisotopic (exact) mass is 320 g/mol. The summed E-state index contributed by atoms with van der Waals surface area (Å²) in [7, 11) is 1.60. The Morgan fingerprint density at radius 3 is 2.41 bits per heavy atom. The second kappa shape index (κ2) is 6.03. The summed E-state index contributed by atoms with van der Waals surface area (Å²) in [5, 5.41) is 7.84. The molecule has 2 saturated carbocycles. The van der Waals surface area contributed by atoms with Crippen LogP contribution in [0.1, 0.15) is 49.8 Å². The molecule has 2 aliphatic carbocycles. The van der Waals surface area contributed by atoms with Gasteiger partial charge < -0.3 is 10.6 Å². The highest BCUT2D eigenvalue weighted by atomic mass is 32.1. The van der Waals surface area contributed by atoms with Crippen LogP contribution < -0.4 is 10.6 Å². The topological polar surface area (TPSA) is 58.2 Å². The van der Waals surface area contributed by atoms with Crippen molar-refractivity contribution < 1.29 is 9.59 Å². The highest BCUT2D eigenvalue weighted by Gasteiger charge is 2.56. The zero-order valence-corrected chi connectivity index (χ0v) is 13.9. The van der Waals surface area contributed by atoms with Crippen molar-refractivity contribution in [3.05, 3.63) is 22.4 Å². The smallest absolute Gasteiger partial charge is 0.235 e. The molecule has 0 aliphatic heterocycles. The number of hydrogen-bond acceptors (Lipinski definition) is 3. The van der Waals surface area contributed by atoms with Crippen LogP contribution in [0.3, 0.4) is 0 Å². The van der Waals surface area contributed by atoms with Crippen molar-refractivity contribution in [1.82, 2.24) is 10.6 Å². The van der Waals surface area contributed by atoms with Gasteiger partial charge in [0.05, 0.1) is 0 Å². The third-order valence-electron chi connectivity index (χ3n) is 5.29. The van der Waals surface area contributed by atoms with Crippen LogP contribution in [0.2, 0.25) is 0 Å². The molecule has 2 fully saturated rings. The maximum absolute atomic E-state index is 12.5. The standard InChI is InChI=1S/C17H24N2O2S/c1-18-14(20)17(9-10-17)15(21)19-12-16(7-3-2-4-8-16)13-6-5-11-22-13/h5-6,11H,2-4,7-10,12H2,1H3,(H,18,20)(H,19,21). The lowest BCUT2D eigenvalue weighted by Gasteiger charge is -2.37. The first-order valence-electron chi connectivity index (χ1n) is 8.17. The molecule has 0 spiro atoms. The molecule has 2 aliphatic rings. The van der Waals surface area contributed by atoms with Gasteiger partial charge in [-0.1, -0.05) is 25.3 Å². The molecule has 120 valence electrons. The maximum Gasteiger partial charge on any atom is 0.235 e. The number of thiophene rings is 1. The molecule has 0 saturated heterocycles. The molecular formula is C17H24N2O2S. The van der Waals surface area contributed by atoms with Gasteiger partial charge in [0.2, 0.25) is 11.8 Å². The van der Waals surface area contributed by atoms with Gasteiger partial charge in [0.1, 0.15) is 5.41 Å². The third kappa shape index (κ3) is 2.67. The Morgan fingerprint density at radius 1 is 1.14 bits per heavy atom. The van der Waals surface area contributed by atoms with E-state index >= 15 is 0 Å². The first-order valence-corrected chi connectivity index (χ1v) is 9.05. The van der Waals surface area contributed by atoms with E-state index in [2.05, 4.69) is 28.1 Å². The predicted molar refractivity (Wildman–Crippen MR) is 87.8 cm³/mol. The quantitative estimate of drug-likeness (QED) is 0.819. The Labute approximate surface area is 135 Å². The van der Waals surface area contributed by atoms with E-state index in [1.54, 1.807) is 18.4 Å². The predicted octanol–water partition coefficient (Wildman–Crippen LogP) is 2.59. The molecule has 1 aromatic heterocycles.